The fraction of sp³-hybridized carbons (Fsp3) is 0.500. The molecule has 1 aromatic rings. The van der Waals surface area contributed by atoms with Gasteiger partial charge in [-0.2, -0.15) is 0 Å². The van der Waals surface area contributed by atoms with Gasteiger partial charge in [-0.15, -0.1) is 0 Å². The Morgan fingerprint density at radius 1 is 1.19 bits per heavy atom. The molecular weight excluding hydrogens is 358 g/mol. The monoisotopic (exact) mass is 379 g/mol. The molecule has 7 nitrogen and oxygen atoms in total. The number of hydrogen-bond donors (Lipinski definition) is 1. The highest BCUT2D eigenvalue weighted by Crippen LogP contribution is 2.20. The van der Waals surface area contributed by atoms with Gasteiger partial charge >= 0.3 is 5.97 Å². The van der Waals surface area contributed by atoms with E-state index in [0.29, 0.717) is 43.2 Å². The van der Waals surface area contributed by atoms with Crippen molar-refractivity contribution in [1.82, 2.24) is 9.80 Å². The first-order valence-corrected chi connectivity index (χ1v) is 9.16. The molecule has 2 saturated heterocycles. The lowest BCUT2D eigenvalue weighted by Gasteiger charge is -2.23. The van der Waals surface area contributed by atoms with Gasteiger partial charge < -0.3 is 15.0 Å². The molecule has 2 amide bonds. The molecule has 140 valence electrons. The third-order valence-corrected chi connectivity index (χ3v) is 4.90. The Balaban J connectivity index is 1.49. The van der Waals surface area contributed by atoms with Crippen LogP contribution in [0.2, 0.25) is 5.02 Å². The van der Waals surface area contributed by atoms with Crippen LogP contribution >= 0.6 is 11.6 Å². The zero-order valence-corrected chi connectivity index (χ0v) is 15.2. The van der Waals surface area contributed by atoms with Crippen LogP contribution in [-0.2, 0) is 19.1 Å². The quantitative estimate of drug-likeness (QED) is 0.802. The van der Waals surface area contributed by atoms with Crippen molar-refractivity contribution >= 4 is 35.1 Å². The summed E-state index contributed by atoms with van der Waals surface area (Å²) < 4.78 is 5.07. The largest absolute Gasteiger partial charge is 0.452 e. The number of anilines is 1. The van der Waals surface area contributed by atoms with E-state index in [1.807, 2.05) is 11.0 Å². The van der Waals surface area contributed by atoms with E-state index < -0.39 is 6.10 Å². The molecule has 0 aromatic heterocycles. The van der Waals surface area contributed by atoms with Crippen molar-refractivity contribution in [2.45, 2.75) is 25.4 Å². The molecule has 2 aliphatic rings. The Labute approximate surface area is 157 Å². The summed E-state index contributed by atoms with van der Waals surface area (Å²) in [5.41, 5.74) is 0.592. The predicted octanol–water partition coefficient (Wildman–Crippen LogP) is 1.52. The minimum absolute atomic E-state index is 0.127. The second kappa shape index (κ2) is 8.51. The SMILES string of the molecule is O=C(CN1CCCN(C(=O)C2CCC(=O)O2)CC1)Nc1ccccc1Cl. The van der Waals surface area contributed by atoms with Gasteiger partial charge in [0.25, 0.3) is 5.91 Å². The third kappa shape index (κ3) is 4.74. The van der Waals surface area contributed by atoms with Gasteiger partial charge in [-0.25, -0.2) is 0 Å². The molecular formula is C18H22ClN3O4. The van der Waals surface area contributed by atoms with Crippen LogP contribution in [0.5, 0.6) is 0 Å². The number of nitrogens with one attached hydrogen (secondary N) is 1. The summed E-state index contributed by atoms with van der Waals surface area (Å²) in [6.45, 7) is 2.69. The van der Waals surface area contributed by atoms with Crippen molar-refractivity contribution in [3.63, 3.8) is 0 Å². The van der Waals surface area contributed by atoms with E-state index in [9.17, 15) is 14.4 Å². The average molecular weight is 380 g/mol. The highest BCUT2D eigenvalue weighted by Gasteiger charge is 2.33. The number of cyclic esters (lactones) is 1. The molecule has 3 rings (SSSR count). The second-order valence-electron chi connectivity index (χ2n) is 6.50. The maximum Gasteiger partial charge on any atom is 0.306 e. The van der Waals surface area contributed by atoms with Gasteiger partial charge in [-0.05, 0) is 18.6 Å². The molecule has 1 atom stereocenters. The van der Waals surface area contributed by atoms with Crippen molar-refractivity contribution in [2.75, 3.05) is 38.0 Å². The molecule has 0 aliphatic carbocycles. The number of nitrogens with zero attached hydrogens (tertiary/aromatic N) is 2. The third-order valence-electron chi connectivity index (χ3n) is 4.58. The Bertz CT molecular complexity index is 697. The Kier molecular flexibility index (Phi) is 6.11. The van der Waals surface area contributed by atoms with Crippen LogP contribution in [0.4, 0.5) is 5.69 Å². The molecule has 1 N–H and O–H groups in total. The normalized spacial score (nSPS) is 21.2. The number of esters is 1. The van der Waals surface area contributed by atoms with Crippen molar-refractivity contribution < 1.29 is 19.1 Å². The summed E-state index contributed by atoms with van der Waals surface area (Å²) in [5, 5.41) is 3.31. The maximum atomic E-state index is 12.4. The van der Waals surface area contributed by atoms with E-state index in [1.54, 1.807) is 23.1 Å². The fourth-order valence-electron chi connectivity index (χ4n) is 3.21. The maximum absolute atomic E-state index is 12.4. The number of hydrogen-bond acceptors (Lipinski definition) is 5. The first-order valence-electron chi connectivity index (χ1n) is 8.78. The summed E-state index contributed by atoms with van der Waals surface area (Å²) in [7, 11) is 0. The number of amides is 2. The number of ether oxygens (including phenoxy) is 1. The number of carbonyl (C=O) groups excluding carboxylic acids is 3. The first kappa shape index (κ1) is 18.7. The topological polar surface area (TPSA) is 79.0 Å². The molecule has 1 unspecified atom stereocenters. The molecule has 2 aliphatic heterocycles. The van der Waals surface area contributed by atoms with E-state index in [4.69, 9.17) is 16.3 Å². The van der Waals surface area contributed by atoms with Crippen LogP contribution in [0, 0.1) is 0 Å². The number of rotatable bonds is 4. The van der Waals surface area contributed by atoms with Gasteiger partial charge in [0, 0.05) is 39.0 Å². The minimum Gasteiger partial charge on any atom is -0.452 e. The van der Waals surface area contributed by atoms with Gasteiger partial charge in [0.15, 0.2) is 6.10 Å². The van der Waals surface area contributed by atoms with Gasteiger partial charge in [-0.3, -0.25) is 19.3 Å². The second-order valence-corrected chi connectivity index (χ2v) is 6.91. The van der Waals surface area contributed by atoms with Crippen LogP contribution in [-0.4, -0.2) is 66.4 Å². The Morgan fingerprint density at radius 2 is 2.00 bits per heavy atom. The van der Waals surface area contributed by atoms with Crippen molar-refractivity contribution in [3.8, 4) is 0 Å². The molecule has 0 radical (unpaired) electrons. The van der Waals surface area contributed by atoms with E-state index in [-0.39, 0.29) is 24.3 Å². The lowest BCUT2D eigenvalue weighted by Crippen LogP contribution is -2.42. The summed E-state index contributed by atoms with van der Waals surface area (Å²) in [6.07, 6.45) is 0.889. The highest BCUT2D eigenvalue weighted by molar-refractivity contribution is 6.33. The van der Waals surface area contributed by atoms with Gasteiger partial charge in [-0.1, -0.05) is 23.7 Å². The average Bonchev–Trinajstić information content (AvgIpc) is 2.92. The summed E-state index contributed by atoms with van der Waals surface area (Å²) >= 11 is 6.06. The number of benzene rings is 1. The number of carbonyl (C=O) groups is 3. The Morgan fingerprint density at radius 3 is 2.73 bits per heavy atom. The molecule has 2 fully saturated rings. The number of halogens is 1. The van der Waals surface area contributed by atoms with Crippen LogP contribution in [0.25, 0.3) is 0 Å². The number of para-hydroxylation sites is 1. The van der Waals surface area contributed by atoms with Gasteiger partial charge in [0.2, 0.25) is 5.91 Å². The zero-order valence-electron chi connectivity index (χ0n) is 14.4. The summed E-state index contributed by atoms with van der Waals surface area (Å²) in [5.74, 6) is -0.572. The van der Waals surface area contributed by atoms with Gasteiger partial charge in [0.05, 0.1) is 17.3 Å². The van der Waals surface area contributed by atoms with E-state index in [2.05, 4.69) is 5.32 Å². The lowest BCUT2D eigenvalue weighted by molar-refractivity contribution is -0.152. The first-order chi connectivity index (χ1) is 12.5. The summed E-state index contributed by atoms with van der Waals surface area (Å²) in [4.78, 5) is 39.6. The van der Waals surface area contributed by atoms with E-state index in [1.165, 1.54) is 0 Å². The Hall–Kier alpha value is -2.12. The predicted molar refractivity (Wildman–Crippen MR) is 96.8 cm³/mol. The minimum atomic E-state index is -0.641. The van der Waals surface area contributed by atoms with Crippen molar-refractivity contribution in [1.29, 1.82) is 0 Å². The van der Waals surface area contributed by atoms with Crippen LogP contribution < -0.4 is 5.32 Å². The molecule has 0 spiro atoms. The van der Waals surface area contributed by atoms with Crippen molar-refractivity contribution in [3.05, 3.63) is 29.3 Å². The highest BCUT2D eigenvalue weighted by atomic mass is 35.5. The smallest absolute Gasteiger partial charge is 0.306 e. The molecule has 26 heavy (non-hydrogen) atoms. The zero-order chi connectivity index (χ0) is 18.5. The van der Waals surface area contributed by atoms with Crippen LogP contribution in [0.1, 0.15) is 19.3 Å². The van der Waals surface area contributed by atoms with Crippen molar-refractivity contribution in [2.24, 2.45) is 0 Å². The lowest BCUT2D eigenvalue weighted by atomic mass is 10.2. The summed E-state index contributed by atoms with van der Waals surface area (Å²) in [6, 6.07) is 7.10. The molecule has 1 aromatic carbocycles. The van der Waals surface area contributed by atoms with Crippen LogP contribution in [0.3, 0.4) is 0 Å². The van der Waals surface area contributed by atoms with Crippen LogP contribution in [0.15, 0.2) is 24.3 Å². The van der Waals surface area contributed by atoms with E-state index >= 15 is 0 Å². The standard InChI is InChI=1S/C18H22ClN3O4/c19-13-4-1-2-5-14(13)20-16(23)12-21-8-3-9-22(11-10-21)18(25)15-6-7-17(24)26-15/h1-2,4-5,15H,3,6-12H2,(H,20,23). The molecule has 0 bridgehead atoms. The fourth-order valence-corrected chi connectivity index (χ4v) is 3.39. The molecule has 2 heterocycles. The van der Waals surface area contributed by atoms with Gasteiger partial charge in [0.1, 0.15) is 0 Å². The van der Waals surface area contributed by atoms with E-state index in [0.717, 1.165) is 13.0 Å². The molecule has 0 saturated carbocycles. The molecule has 8 heteroatoms.